The fourth-order valence-electron chi connectivity index (χ4n) is 5.87. The molecule has 200 valence electrons. The highest BCUT2D eigenvalue weighted by atomic mass is 16.6. The number of piperidine rings is 1. The average molecular weight is 517 g/mol. The van der Waals surface area contributed by atoms with Crippen LogP contribution in [0, 0.1) is 13.8 Å². The SMILES string of the molecule is Cc1c(-c2c(C(C)C)[nH]c3cc4c(nc23)C2(CCN(C(=O)OC(C)(C)C)CC2)CO4)cn2ncnc2c1C. The van der Waals surface area contributed by atoms with Crippen molar-refractivity contribution in [3.63, 3.8) is 0 Å². The van der Waals surface area contributed by atoms with Crippen LogP contribution in [0.2, 0.25) is 0 Å². The lowest BCUT2D eigenvalue weighted by Gasteiger charge is -2.38. The van der Waals surface area contributed by atoms with Crippen LogP contribution in [0.15, 0.2) is 18.6 Å². The van der Waals surface area contributed by atoms with Gasteiger partial charge in [0.15, 0.2) is 5.65 Å². The van der Waals surface area contributed by atoms with Crippen molar-refractivity contribution in [1.29, 1.82) is 0 Å². The summed E-state index contributed by atoms with van der Waals surface area (Å²) in [5.74, 6) is 1.11. The lowest BCUT2D eigenvalue weighted by Crippen LogP contribution is -2.47. The molecule has 6 rings (SSSR count). The Morgan fingerprint density at radius 3 is 2.61 bits per heavy atom. The van der Waals surface area contributed by atoms with Gasteiger partial charge in [-0.3, -0.25) is 0 Å². The van der Waals surface area contributed by atoms with Gasteiger partial charge in [0, 0.05) is 42.2 Å². The van der Waals surface area contributed by atoms with Crippen molar-refractivity contribution in [2.45, 2.75) is 78.2 Å². The number of carbonyl (C=O) groups excluding carboxylic acids is 1. The van der Waals surface area contributed by atoms with Crippen molar-refractivity contribution < 1.29 is 14.3 Å². The van der Waals surface area contributed by atoms with Crippen molar-refractivity contribution in [3.05, 3.63) is 41.1 Å². The number of fused-ring (bicyclic) bond motifs is 4. The Morgan fingerprint density at radius 1 is 1.18 bits per heavy atom. The van der Waals surface area contributed by atoms with E-state index in [0.717, 1.165) is 63.3 Å². The highest BCUT2D eigenvalue weighted by molar-refractivity contribution is 5.97. The molecule has 1 spiro atoms. The molecule has 0 aliphatic carbocycles. The van der Waals surface area contributed by atoms with Crippen LogP contribution in [0.1, 0.15) is 75.9 Å². The molecule has 0 bridgehead atoms. The van der Waals surface area contributed by atoms with Gasteiger partial charge in [-0.2, -0.15) is 5.10 Å². The lowest BCUT2D eigenvalue weighted by atomic mass is 9.77. The van der Waals surface area contributed by atoms with E-state index < -0.39 is 5.60 Å². The number of pyridine rings is 2. The Balaban J connectivity index is 1.43. The number of hydrogen-bond acceptors (Lipinski definition) is 6. The van der Waals surface area contributed by atoms with Crippen LogP contribution in [0.5, 0.6) is 5.75 Å². The van der Waals surface area contributed by atoms with Crippen molar-refractivity contribution in [2.24, 2.45) is 0 Å². The standard InChI is InChI=1S/C29H36N6O3/c1-16(2)23-22(19-13-35-26(30-15-31-35)18(4)17(19)3)24-20(32-23)12-21-25(33-24)29(14-37-21)8-10-34(11-9-29)27(36)38-28(5,6)7/h12-13,15-16,32H,8-11,14H2,1-7H3. The summed E-state index contributed by atoms with van der Waals surface area (Å²) in [7, 11) is 0. The van der Waals surface area contributed by atoms with E-state index in [-0.39, 0.29) is 17.4 Å². The number of nitrogens with one attached hydrogen (secondary N) is 1. The molecule has 4 aromatic heterocycles. The van der Waals surface area contributed by atoms with Crippen LogP contribution >= 0.6 is 0 Å². The third-order valence-electron chi connectivity index (χ3n) is 8.11. The second kappa shape index (κ2) is 8.44. The van der Waals surface area contributed by atoms with Gasteiger partial charge in [0.2, 0.25) is 0 Å². The van der Waals surface area contributed by atoms with E-state index in [0.29, 0.717) is 19.7 Å². The Morgan fingerprint density at radius 2 is 1.92 bits per heavy atom. The number of likely N-dealkylation sites (tertiary alicyclic amines) is 1. The summed E-state index contributed by atoms with van der Waals surface area (Å²) in [6.07, 6.45) is 4.99. The molecule has 6 heterocycles. The first-order valence-electron chi connectivity index (χ1n) is 13.5. The van der Waals surface area contributed by atoms with Gasteiger partial charge in [-0.25, -0.2) is 19.3 Å². The first kappa shape index (κ1) is 24.7. The predicted molar refractivity (Wildman–Crippen MR) is 146 cm³/mol. The molecule has 0 aromatic carbocycles. The molecule has 0 saturated carbocycles. The Hall–Kier alpha value is -3.62. The van der Waals surface area contributed by atoms with Gasteiger partial charge in [0.05, 0.1) is 28.7 Å². The van der Waals surface area contributed by atoms with Gasteiger partial charge in [0.1, 0.15) is 17.7 Å². The molecule has 38 heavy (non-hydrogen) atoms. The lowest BCUT2D eigenvalue weighted by molar-refractivity contribution is 0.0150. The van der Waals surface area contributed by atoms with E-state index in [2.05, 4.69) is 55.0 Å². The molecule has 0 unspecified atom stereocenters. The molecule has 4 aromatic rings. The number of nitrogens with zero attached hydrogens (tertiary/aromatic N) is 5. The minimum atomic E-state index is -0.507. The molecule has 1 N–H and O–H groups in total. The summed E-state index contributed by atoms with van der Waals surface area (Å²) in [6, 6.07) is 2.11. The maximum Gasteiger partial charge on any atom is 0.410 e. The van der Waals surface area contributed by atoms with E-state index in [1.54, 1.807) is 6.33 Å². The topological polar surface area (TPSA) is 97.6 Å². The number of ether oxygens (including phenoxy) is 2. The number of aromatic nitrogens is 5. The highest BCUT2D eigenvalue weighted by Gasteiger charge is 2.46. The van der Waals surface area contributed by atoms with Crippen LogP contribution in [0.3, 0.4) is 0 Å². The van der Waals surface area contributed by atoms with Gasteiger partial charge in [-0.05, 0) is 64.5 Å². The minimum absolute atomic E-state index is 0.213. The molecule has 1 fully saturated rings. The summed E-state index contributed by atoms with van der Waals surface area (Å²) in [5, 5.41) is 4.43. The fraction of sp³-hybridized carbons (Fsp3) is 0.517. The fourth-order valence-corrected chi connectivity index (χ4v) is 5.87. The van der Waals surface area contributed by atoms with Crippen LogP contribution in [0.4, 0.5) is 4.79 Å². The Bertz CT molecular complexity index is 1570. The number of rotatable bonds is 2. The zero-order valence-corrected chi connectivity index (χ0v) is 23.3. The van der Waals surface area contributed by atoms with Crippen molar-refractivity contribution in [3.8, 4) is 16.9 Å². The smallest absolute Gasteiger partial charge is 0.410 e. The number of amides is 1. The van der Waals surface area contributed by atoms with Gasteiger partial charge < -0.3 is 19.4 Å². The molecule has 2 aliphatic heterocycles. The van der Waals surface area contributed by atoms with Gasteiger partial charge in [-0.15, -0.1) is 0 Å². The molecule has 9 nitrogen and oxygen atoms in total. The maximum atomic E-state index is 12.7. The number of carbonyl (C=O) groups is 1. The quantitative estimate of drug-likeness (QED) is 0.368. The second-order valence-electron chi connectivity index (χ2n) is 12.2. The Kier molecular flexibility index (Phi) is 5.49. The summed E-state index contributed by atoms with van der Waals surface area (Å²) >= 11 is 0. The molecule has 1 saturated heterocycles. The zero-order valence-electron chi connectivity index (χ0n) is 23.3. The van der Waals surface area contributed by atoms with Gasteiger partial charge in [0.25, 0.3) is 0 Å². The number of aromatic amines is 1. The molecular formula is C29H36N6O3. The Labute approximate surface area is 222 Å². The van der Waals surface area contributed by atoms with Crippen LogP contribution in [-0.2, 0) is 10.2 Å². The summed E-state index contributed by atoms with van der Waals surface area (Å²) < 4.78 is 13.7. The predicted octanol–water partition coefficient (Wildman–Crippen LogP) is 5.67. The second-order valence-corrected chi connectivity index (χ2v) is 12.2. The minimum Gasteiger partial charge on any atom is -0.491 e. The molecule has 2 aliphatic rings. The summed E-state index contributed by atoms with van der Waals surface area (Å²) in [5.41, 5.74) is 8.73. The number of hydrogen-bond donors (Lipinski definition) is 1. The van der Waals surface area contributed by atoms with E-state index in [4.69, 9.17) is 14.5 Å². The molecule has 9 heteroatoms. The molecule has 0 atom stereocenters. The van der Waals surface area contributed by atoms with Gasteiger partial charge in [-0.1, -0.05) is 13.8 Å². The monoisotopic (exact) mass is 516 g/mol. The van der Waals surface area contributed by atoms with Crippen molar-refractivity contribution in [1.82, 2.24) is 29.5 Å². The maximum absolute atomic E-state index is 12.7. The van der Waals surface area contributed by atoms with E-state index >= 15 is 0 Å². The van der Waals surface area contributed by atoms with E-state index in [1.165, 1.54) is 5.56 Å². The third-order valence-corrected chi connectivity index (χ3v) is 8.11. The third kappa shape index (κ3) is 3.82. The van der Waals surface area contributed by atoms with Crippen LogP contribution in [0.25, 0.3) is 27.8 Å². The number of aryl methyl sites for hydroxylation is 1. The average Bonchev–Trinajstić information content (AvgIpc) is 3.56. The highest BCUT2D eigenvalue weighted by Crippen LogP contribution is 2.47. The van der Waals surface area contributed by atoms with E-state index in [9.17, 15) is 4.79 Å². The zero-order chi connectivity index (χ0) is 27.0. The first-order chi connectivity index (χ1) is 18.0. The molecule has 0 radical (unpaired) electrons. The van der Waals surface area contributed by atoms with Gasteiger partial charge >= 0.3 is 6.09 Å². The number of H-pyrrole nitrogens is 1. The normalized spacial score (nSPS) is 17.0. The largest absolute Gasteiger partial charge is 0.491 e. The first-order valence-corrected chi connectivity index (χ1v) is 13.5. The van der Waals surface area contributed by atoms with Crippen LogP contribution in [-0.4, -0.2) is 60.9 Å². The summed E-state index contributed by atoms with van der Waals surface area (Å²) in [6.45, 7) is 16.2. The van der Waals surface area contributed by atoms with Crippen LogP contribution < -0.4 is 4.74 Å². The molecule has 1 amide bonds. The summed E-state index contributed by atoms with van der Waals surface area (Å²) in [4.78, 5) is 27.9. The van der Waals surface area contributed by atoms with Crippen molar-refractivity contribution in [2.75, 3.05) is 19.7 Å². The van der Waals surface area contributed by atoms with Crippen molar-refractivity contribution >= 4 is 22.8 Å². The molecular weight excluding hydrogens is 480 g/mol. The van der Waals surface area contributed by atoms with E-state index in [1.807, 2.05) is 30.2 Å².